The van der Waals surface area contributed by atoms with Crippen LogP contribution in [0, 0.1) is 0 Å². The number of amides is 1. The van der Waals surface area contributed by atoms with Crippen LogP contribution in [0.3, 0.4) is 0 Å². The molecular formula is C15H24N4O2. The summed E-state index contributed by atoms with van der Waals surface area (Å²) < 4.78 is 0. The molecule has 2 atom stereocenters. The van der Waals surface area contributed by atoms with Crippen molar-refractivity contribution >= 4 is 17.3 Å². The molecule has 1 fully saturated rings. The number of rotatable bonds is 5. The molecule has 21 heavy (non-hydrogen) atoms. The second-order valence-corrected chi connectivity index (χ2v) is 5.91. The van der Waals surface area contributed by atoms with Gasteiger partial charge in [0, 0.05) is 30.5 Å². The molecule has 0 aliphatic carbocycles. The van der Waals surface area contributed by atoms with Gasteiger partial charge in [-0.3, -0.25) is 9.69 Å². The van der Waals surface area contributed by atoms with E-state index >= 15 is 0 Å². The fourth-order valence-corrected chi connectivity index (χ4v) is 2.71. The molecule has 1 aromatic rings. The highest BCUT2D eigenvalue weighted by Gasteiger charge is 2.32. The molecule has 1 heterocycles. The maximum Gasteiger partial charge on any atom is 0.238 e. The standard InChI is InChI=1S/C15H24N4O2/c1-18(2)8-13-7-14(20)9-19(13)10-15(21)17-12-5-3-11(16)4-6-12/h3-6,13-14,20H,7-10,16H2,1-2H3,(H,17,21). The third-order valence-corrected chi connectivity index (χ3v) is 3.62. The molecule has 0 radical (unpaired) electrons. The number of benzene rings is 1. The maximum absolute atomic E-state index is 12.1. The van der Waals surface area contributed by atoms with Crippen LogP contribution < -0.4 is 11.1 Å². The number of aliphatic hydroxyl groups excluding tert-OH is 1. The molecule has 0 spiro atoms. The summed E-state index contributed by atoms with van der Waals surface area (Å²) in [6.07, 6.45) is 0.368. The van der Waals surface area contributed by atoms with Crippen LogP contribution in [-0.2, 0) is 4.79 Å². The highest BCUT2D eigenvalue weighted by atomic mass is 16.3. The summed E-state index contributed by atoms with van der Waals surface area (Å²) in [5, 5.41) is 12.7. The van der Waals surface area contributed by atoms with E-state index in [9.17, 15) is 9.90 Å². The highest BCUT2D eigenvalue weighted by Crippen LogP contribution is 2.18. The topological polar surface area (TPSA) is 81.8 Å². The van der Waals surface area contributed by atoms with Crippen molar-refractivity contribution in [3.63, 3.8) is 0 Å². The number of β-amino-alcohol motifs (C(OH)–C–C–N with tert-alkyl or cyclic N) is 1. The van der Waals surface area contributed by atoms with Crippen LogP contribution in [0.4, 0.5) is 11.4 Å². The lowest BCUT2D eigenvalue weighted by Crippen LogP contribution is -2.41. The van der Waals surface area contributed by atoms with E-state index in [1.165, 1.54) is 0 Å². The molecule has 116 valence electrons. The Morgan fingerprint density at radius 2 is 2.10 bits per heavy atom. The quantitative estimate of drug-likeness (QED) is 0.676. The third kappa shape index (κ3) is 4.70. The van der Waals surface area contributed by atoms with Crippen molar-refractivity contribution in [2.24, 2.45) is 0 Å². The Bertz CT molecular complexity index is 475. The molecule has 1 aliphatic rings. The van der Waals surface area contributed by atoms with Gasteiger partial charge in [0.2, 0.25) is 5.91 Å². The predicted octanol–water partition coefficient (Wildman–Crippen LogP) is 0.204. The van der Waals surface area contributed by atoms with E-state index in [1.807, 2.05) is 19.0 Å². The van der Waals surface area contributed by atoms with Crippen LogP contribution in [0.2, 0.25) is 0 Å². The zero-order valence-corrected chi connectivity index (χ0v) is 12.6. The van der Waals surface area contributed by atoms with Crippen LogP contribution >= 0.6 is 0 Å². The van der Waals surface area contributed by atoms with E-state index in [0.29, 0.717) is 25.2 Å². The van der Waals surface area contributed by atoms with E-state index < -0.39 is 0 Å². The van der Waals surface area contributed by atoms with Crippen LogP contribution in [0.25, 0.3) is 0 Å². The number of anilines is 2. The van der Waals surface area contributed by atoms with Crippen molar-refractivity contribution in [2.45, 2.75) is 18.6 Å². The second kappa shape index (κ2) is 6.89. The van der Waals surface area contributed by atoms with E-state index in [2.05, 4.69) is 10.2 Å². The molecule has 2 rings (SSSR count). The first-order chi connectivity index (χ1) is 9.94. The molecule has 0 aromatic heterocycles. The van der Waals surface area contributed by atoms with Gasteiger partial charge in [-0.1, -0.05) is 0 Å². The largest absolute Gasteiger partial charge is 0.399 e. The summed E-state index contributed by atoms with van der Waals surface area (Å²) in [5.74, 6) is -0.0716. The highest BCUT2D eigenvalue weighted by molar-refractivity contribution is 5.92. The zero-order chi connectivity index (χ0) is 15.4. The first kappa shape index (κ1) is 15.8. The van der Waals surface area contributed by atoms with E-state index in [1.54, 1.807) is 24.3 Å². The molecule has 6 heteroatoms. The number of likely N-dealkylation sites (tertiary alicyclic amines) is 1. The Morgan fingerprint density at radius 1 is 1.43 bits per heavy atom. The number of carbonyl (C=O) groups is 1. The second-order valence-electron chi connectivity index (χ2n) is 5.91. The minimum atomic E-state index is -0.348. The molecule has 2 unspecified atom stereocenters. The average molecular weight is 292 g/mol. The van der Waals surface area contributed by atoms with Crippen molar-refractivity contribution < 1.29 is 9.90 Å². The number of carbonyl (C=O) groups excluding carboxylic acids is 1. The van der Waals surface area contributed by atoms with E-state index in [4.69, 9.17) is 5.73 Å². The molecular weight excluding hydrogens is 268 g/mol. The molecule has 0 saturated carbocycles. The fourth-order valence-electron chi connectivity index (χ4n) is 2.71. The van der Waals surface area contributed by atoms with Crippen LogP contribution in [0.1, 0.15) is 6.42 Å². The normalized spacial score (nSPS) is 22.7. The maximum atomic E-state index is 12.1. The predicted molar refractivity (Wildman–Crippen MR) is 84.0 cm³/mol. The summed E-state index contributed by atoms with van der Waals surface area (Å²) in [5.41, 5.74) is 7.02. The van der Waals surface area contributed by atoms with Gasteiger partial charge >= 0.3 is 0 Å². The Hall–Kier alpha value is -1.63. The number of hydrogen-bond donors (Lipinski definition) is 3. The first-order valence-electron chi connectivity index (χ1n) is 7.16. The SMILES string of the molecule is CN(C)CC1CC(O)CN1CC(=O)Nc1ccc(N)cc1. The minimum Gasteiger partial charge on any atom is -0.399 e. The zero-order valence-electron chi connectivity index (χ0n) is 12.6. The minimum absolute atomic E-state index is 0.0716. The van der Waals surface area contributed by atoms with Crippen molar-refractivity contribution in [1.82, 2.24) is 9.80 Å². The van der Waals surface area contributed by atoms with Crippen molar-refractivity contribution in [2.75, 3.05) is 44.8 Å². The number of nitrogens with one attached hydrogen (secondary N) is 1. The lowest BCUT2D eigenvalue weighted by molar-refractivity contribution is -0.117. The summed E-state index contributed by atoms with van der Waals surface area (Å²) >= 11 is 0. The van der Waals surface area contributed by atoms with Crippen LogP contribution in [0.5, 0.6) is 0 Å². The first-order valence-corrected chi connectivity index (χ1v) is 7.16. The summed E-state index contributed by atoms with van der Waals surface area (Å²) in [6.45, 7) is 1.68. The van der Waals surface area contributed by atoms with Gasteiger partial charge in [-0.15, -0.1) is 0 Å². The number of aliphatic hydroxyl groups is 1. The number of nitrogen functional groups attached to an aromatic ring is 1. The number of nitrogens with zero attached hydrogens (tertiary/aromatic N) is 2. The Kier molecular flexibility index (Phi) is 5.17. The summed E-state index contributed by atoms with van der Waals surface area (Å²) in [4.78, 5) is 16.2. The van der Waals surface area contributed by atoms with Gasteiger partial charge < -0.3 is 21.1 Å². The van der Waals surface area contributed by atoms with Crippen LogP contribution in [-0.4, -0.2) is 66.7 Å². The van der Waals surface area contributed by atoms with Crippen molar-refractivity contribution in [3.8, 4) is 0 Å². The van der Waals surface area contributed by atoms with E-state index in [-0.39, 0.29) is 18.1 Å². The fraction of sp³-hybridized carbons (Fsp3) is 0.533. The van der Waals surface area contributed by atoms with Gasteiger partial charge in [-0.2, -0.15) is 0 Å². The van der Waals surface area contributed by atoms with Gasteiger partial charge in [0.15, 0.2) is 0 Å². The lowest BCUT2D eigenvalue weighted by Gasteiger charge is -2.26. The molecule has 1 saturated heterocycles. The van der Waals surface area contributed by atoms with E-state index in [0.717, 1.165) is 12.2 Å². The molecule has 0 bridgehead atoms. The molecule has 1 aliphatic heterocycles. The van der Waals surface area contributed by atoms with Crippen molar-refractivity contribution in [3.05, 3.63) is 24.3 Å². The third-order valence-electron chi connectivity index (χ3n) is 3.62. The summed E-state index contributed by atoms with van der Waals surface area (Å²) in [6, 6.07) is 7.29. The molecule has 4 N–H and O–H groups in total. The van der Waals surface area contributed by atoms with Gasteiger partial charge in [-0.05, 0) is 44.8 Å². The Balaban J connectivity index is 1.90. The molecule has 6 nitrogen and oxygen atoms in total. The summed E-state index contributed by atoms with van der Waals surface area (Å²) in [7, 11) is 3.99. The molecule has 1 amide bonds. The number of hydrogen-bond acceptors (Lipinski definition) is 5. The van der Waals surface area contributed by atoms with Gasteiger partial charge in [0.1, 0.15) is 0 Å². The smallest absolute Gasteiger partial charge is 0.238 e. The van der Waals surface area contributed by atoms with Gasteiger partial charge in [0.25, 0.3) is 0 Å². The van der Waals surface area contributed by atoms with Gasteiger partial charge in [-0.25, -0.2) is 0 Å². The lowest BCUT2D eigenvalue weighted by atomic mass is 10.2. The number of nitrogens with two attached hydrogens (primary N) is 1. The Morgan fingerprint density at radius 3 is 2.71 bits per heavy atom. The van der Waals surface area contributed by atoms with Crippen molar-refractivity contribution in [1.29, 1.82) is 0 Å². The van der Waals surface area contributed by atoms with Gasteiger partial charge in [0.05, 0.1) is 12.6 Å². The Labute approximate surface area is 125 Å². The monoisotopic (exact) mass is 292 g/mol. The van der Waals surface area contributed by atoms with Crippen LogP contribution in [0.15, 0.2) is 24.3 Å². The number of likely N-dealkylation sites (N-methyl/N-ethyl adjacent to an activating group) is 1. The molecule has 1 aromatic carbocycles. The average Bonchev–Trinajstić information content (AvgIpc) is 2.71.